The van der Waals surface area contributed by atoms with Gasteiger partial charge in [-0.05, 0) is 43.7 Å². The van der Waals surface area contributed by atoms with Crippen LogP contribution in [0.4, 0.5) is 16.2 Å². The number of nitrogens with one attached hydrogen (secondary N) is 1. The van der Waals surface area contributed by atoms with E-state index in [4.69, 9.17) is 10.5 Å². The first-order valence-corrected chi connectivity index (χ1v) is 6.25. The Hall–Kier alpha value is -1.75. The van der Waals surface area contributed by atoms with E-state index >= 15 is 0 Å². The lowest BCUT2D eigenvalue weighted by Gasteiger charge is -2.31. The van der Waals surface area contributed by atoms with Crippen LogP contribution in [0.15, 0.2) is 24.3 Å². The predicted molar refractivity (Wildman–Crippen MR) is 69.5 cm³/mol. The van der Waals surface area contributed by atoms with E-state index in [-0.39, 0.29) is 11.7 Å². The number of hydrogen-bond acceptors (Lipinski definition) is 4. The van der Waals surface area contributed by atoms with Gasteiger partial charge >= 0.3 is 6.09 Å². The number of anilines is 2. The maximum atomic E-state index is 12.0. The molecule has 3 N–H and O–H groups in total. The van der Waals surface area contributed by atoms with Gasteiger partial charge in [-0.3, -0.25) is 4.90 Å². The van der Waals surface area contributed by atoms with Crippen molar-refractivity contribution in [2.24, 2.45) is 0 Å². The zero-order valence-electron chi connectivity index (χ0n) is 10.2. The first-order valence-electron chi connectivity index (χ1n) is 6.25. The summed E-state index contributed by atoms with van der Waals surface area (Å²) < 4.78 is 5.58. The smallest absolute Gasteiger partial charge is 0.415 e. The minimum Gasteiger partial charge on any atom is -0.439 e. The third-order valence-electron chi connectivity index (χ3n) is 3.61. The Labute approximate surface area is 106 Å². The molecule has 0 radical (unpaired) electrons. The van der Waals surface area contributed by atoms with E-state index in [0.717, 1.165) is 31.6 Å². The largest absolute Gasteiger partial charge is 0.439 e. The van der Waals surface area contributed by atoms with Crippen LogP contribution in [0.25, 0.3) is 0 Å². The molecule has 0 aromatic heterocycles. The van der Waals surface area contributed by atoms with Crippen molar-refractivity contribution in [3.8, 4) is 0 Å². The van der Waals surface area contributed by atoms with E-state index in [1.54, 1.807) is 17.0 Å². The first kappa shape index (κ1) is 11.3. The number of nitrogen functional groups attached to an aromatic ring is 1. The molecule has 1 unspecified atom stereocenters. The zero-order valence-corrected chi connectivity index (χ0v) is 10.2. The van der Waals surface area contributed by atoms with Crippen molar-refractivity contribution < 1.29 is 9.53 Å². The Morgan fingerprint density at radius 2 is 2.11 bits per heavy atom. The van der Waals surface area contributed by atoms with Gasteiger partial charge in [0.15, 0.2) is 0 Å². The van der Waals surface area contributed by atoms with Crippen LogP contribution in [0, 0.1) is 0 Å². The summed E-state index contributed by atoms with van der Waals surface area (Å²) in [6, 6.07) is 7.30. The second-order valence-electron chi connectivity index (χ2n) is 5.01. The molecule has 0 aliphatic carbocycles. The highest BCUT2D eigenvalue weighted by molar-refractivity contribution is 5.90. The maximum Gasteiger partial charge on any atom is 0.415 e. The fourth-order valence-corrected chi connectivity index (χ4v) is 2.64. The lowest BCUT2D eigenvalue weighted by molar-refractivity contribution is 0.0366. The Morgan fingerprint density at radius 3 is 2.78 bits per heavy atom. The van der Waals surface area contributed by atoms with E-state index in [1.807, 2.05) is 12.1 Å². The molecule has 1 amide bonds. The normalized spacial score (nSPS) is 27.6. The number of benzene rings is 1. The average Bonchev–Trinajstić information content (AvgIpc) is 2.68. The standard InChI is InChI=1S/C13H17N3O2/c14-10-2-4-11(5-3-10)16-9-13(18-12(16)17)6-1-7-15-8-13/h2-5,15H,1,6-9,14H2. The molecular formula is C13H17N3O2. The molecule has 2 aliphatic heterocycles. The summed E-state index contributed by atoms with van der Waals surface area (Å²) in [4.78, 5) is 13.7. The fourth-order valence-electron chi connectivity index (χ4n) is 2.64. The highest BCUT2D eigenvalue weighted by Gasteiger charge is 2.46. The van der Waals surface area contributed by atoms with E-state index in [1.165, 1.54) is 0 Å². The van der Waals surface area contributed by atoms with Gasteiger partial charge in [-0.25, -0.2) is 4.79 Å². The van der Waals surface area contributed by atoms with Gasteiger partial charge in [0.25, 0.3) is 0 Å². The van der Waals surface area contributed by atoms with E-state index < -0.39 is 0 Å². The summed E-state index contributed by atoms with van der Waals surface area (Å²) in [6.07, 6.45) is 1.71. The second kappa shape index (κ2) is 4.17. The lowest BCUT2D eigenvalue weighted by Crippen LogP contribution is -2.48. The number of amides is 1. The SMILES string of the molecule is Nc1ccc(N2CC3(CCCNC3)OC2=O)cc1. The number of nitrogens with zero attached hydrogens (tertiary/aromatic N) is 1. The van der Waals surface area contributed by atoms with E-state index in [9.17, 15) is 4.79 Å². The fraction of sp³-hybridized carbons (Fsp3) is 0.462. The average molecular weight is 247 g/mol. The number of ether oxygens (including phenoxy) is 1. The number of carbonyl (C=O) groups is 1. The van der Waals surface area contributed by atoms with Crippen molar-refractivity contribution in [2.75, 3.05) is 30.3 Å². The van der Waals surface area contributed by atoms with Crippen LogP contribution in [0.2, 0.25) is 0 Å². The van der Waals surface area contributed by atoms with Crippen molar-refractivity contribution >= 4 is 17.5 Å². The lowest BCUT2D eigenvalue weighted by atomic mass is 9.94. The molecule has 3 rings (SSSR count). The molecular weight excluding hydrogens is 230 g/mol. The summed E-state index contributed by atoms with van der Waals surface area (Å²) in [7, 11) is 0. The van der Waals surface area contributed by atoms with Gasteiger partial charge < -0.3 is 15.8 Å². The molecule has 2 fully saturated rings. The molecule has 1 atom stereocenters. The van der Waals surface area contributed by atoms with Crippen LogP contribution in [-0.2, 0) is 4.74 Å². The number of carbonyl (C=O) groups excluding carboxylic acids is 1. The Bertz CT molecular complexity index is 452. The second-order valence-corrected chi connectivity index (χ2v) is 5.01. The van der Waals surface area contributed by atoms with Crippen LogP contribution in [-0.4, -0.2) is 31.3 Å². The third kappa shape index (κ3) is 1.90. The molecule has 1 aromatic carbocycles. The summed E-state index contributed by atoms with van der Waals surface area (Å²) >= 11 is 0. The first-order chi connectivity index (χ1) is 8.69. The monoisotopic (exact) mass is 247 g/mol. The molecule has 2 aliphatic rings. The van der Waals surface area contributed by atoms with Crippen molar-refractivity contribution in [3.63, 3.8) is 0 Å². The molecule has 1 aromatic rings. The quantitative estimate of drug-likeness (QED) is 0.735. The molecule has 96 valence electrons. The number of hydrogen-bond donors (Lipinski definition) is 2. The van der Waals surface area contributed by atoms with Crippen LogP contribution in [0.5, 0.6) is 0 Å². The summed E-state index contributed by atoms with van der Waals surface area (Å²) in [5, 5.41) is 3.30. The van der Waals surface area contributed by atoms with Crippen LogP contribution in [0.3, 0.4) is 0 Å². The number of nitrogens with two attached hydrogens (primary N) is 1. The van der Waals surface area contributed by atoms with Gasteiger partial charge in [0.1, 0.15) is 5.60 Å². The molecule has 2 heterocycles. The Morgan fingerprint density at radius 1 is 1.33 bits per heavy atom. The summed E-state index contributed by atoms with van der Waals surface area (Å²) in [5.41, 5.74) is 6.84. The molecule has 0 saturated carbocycles. The Kier molecular flexibility index (Phi) is 2.63. The minimum atomic E-state index is -0.350. The molecule has 2 saturated heterocycles. The van der Waals surface area contributed by atoms with Gasteiger partial charge in [-0.1, -0.05) is 0 Å². The van der Waals surface area contributed by atoms with Crippen molar-refractivity contribution in [1.82, 2.24) is 5.32 Å². The zero-order chi connectivity index (χ0) is 12.6. The predicted octanol–water partition coefficient (Wildman–Crippen LogP) is 1.35. The molecule has 1 spiro atoms. The molecule has 5 nitrogen and oxygen atoms in total. The Balaban J connectivity index is 1.82. The highest BCUT2D eigenvalue weighted by Crippen LogP contribution is 2.32. The molecule has 18 heavy (non-hydrogen) atoms. The van der Waals surface area contributed by atoms with Gasteiger partial charge in [-0.2, -0.15) is 0 Å². The maximum absolute atomic E-state index is 12.0. The number of rotatable bonds is 1. The van der Waals surface area contributed by atoms with Crippen LogP contribution in [0.1, 0.15) is 12.8 Å². The molecule has 0 bridgehead atoms. The summed E-state index contributed by atoms with van der Waals surface area (Å²) in [5.74, 6) is 0. The van der Waals surface area contributed by atoms with Crippen molar-refractivity contribution in [3.05, 3.63) is 24.3 Å². The molecule has 5 heteroatoms. The van der Waals surface area contributed by atoms with E-state index in [0.29, 0.717) is 12.2 Å². The highest BCUT2D eigenvalue weighted by atomic mass is 16.6. The van der Waals surface area contributed by atoms with Crippen LogP contribution < -0.4 is 16.0 Å². The van der Waals surface area contributed by atoms with Crippen LogP contribution >= 0.6 is 0 Å². The summed E-state index contributed by atoms with van der Waals surface area (Å²) in [6.45, 7) is 2.36. The van der Waals surface area contributed by atoms with E-state index in [2.05, 4.69) is 5.32 Å². The van der Waals surface area contributed by atoms with Crippen molar-refractivity contribution in [2.45, 2.75) is 18.4 Å². The topological polar surface area (TPSA) is 67.6 Å². The minimum absolute atomic E-state index is 0.261. The van der Waals surface area contributed by atoms with Gasteiger partial charge in [0.05, 0.1) is 6.54 Å². The van der Waals surface area contributed by atoms with Crippen molar-refractivity contribution in [1.29, 1.82) is 0 Å². The van der Waals surface area contributed by atoms with Gasteiger partial charge in [-0.15, -0.1) is 0 Å². The number of piperidine rings is 1. The third-order valence-corrected chi connectivity index (χ3v) is 3.61. The van der Waals surface area contributed by atoms with Gasteiger partial charge in [0.2, 0.25) is 0 Å². The van der Waals surface area contributed by atoms with Gasteiger partial charge in [0, 0.05) is 17.9 Å².